The molecule has 0 radical (unpaired) electrons. The van der Waals surface area contributed by atoms with Gasteiger partial charge in [0, 0.05) is 0 Å². The van der Waals surface area contributed by atoms with E-state index in [0.29, 0.717) is 6.61 Å². The van der Waals surface area contributed by atoms with Crippen LogP contribution in [0.4, 0.5) is 0 Å². The highest BCUT2D eigenvalue weighted by molar-refractivity contribution is 4.88. The van der Waals surface area contributed by atoms with Crippen molar-refractivity contribution < 1.29 is 34.6 Å². The van der Waals surface area contributed by atoms with E-state index in [2.05, 4.69) is 6.58 Å². The van der Waals surface area contributed by atoms with Gasteiger partial charge in [0.25, 0.3) is 0 Å². The molecule has 5 atom stereocenters. The van der Waals surface area contributed by atoms with E-state index in [-0.39, 0.29) is 13.2 Å². The van der Waals surface area contributed by atoms with Gasteiger partial charge in [0.2, 0.25) is 0 Å². The van der Waals surface area contributed by atoms with E-state index in [1.807, 2.05) is 0 Å². The highest BCUT2D eigenvalue weighted by Gasteiger charge is 2.42. The van der Waals surface area contributed by atoms with Crippen molar-refractivity contribution in [3.63, 3.8) is 0 Å². The van der Waals surface area contributed by atoms with Crippen LogP contribution in [-0.4, -0.2) is 71.0 Å². The zero-order chi connectivity index (χ0) is 12.8. The standard InChI is InChI=1S/C10H18O7/c1-2-15-3-4-16-5-6-7(11)8(12)9(13)10(14)17-6/h2,6-14H,1,3-5H2/t6?,7-,8?,9?,10?/m1/s1. The van der Waals surface area contributed by atoms with Crippen molar-refractivity contribution in [1.29, 1.82) is 0 Å². The van der Waals surface area contributed by atoms with E-state index in [1.54, 1.807) is 0 Å². The van der Waals surface area contributed by atoms with Crippen LogP contribution in [0.5, 0.6) is 0 Å². The molecule has 1 fully saturated rings. The van der Waals surface area contributed by atoms with Crippen molar-refractivity contribution in [3.8, 4) is 0 Å². The van der Waals surface area contributed by atoms with Gasteiger partial charge in [0.05, 0.1) is 19.5 Å². The summed E-state index contributed by atoms with van der Waals surface area (Å²) in [6, 6.07) is 0. The second kappa shape index (κ2) is 6.90. The maximum Gasteiger partial charge on any atom is 0.184 e. The zero-order valence-electron chi connectivity index (χ0n) is 9.31. The number of hydrogen-bond donors (Lipinski definition) is 4. The average Bonchev–Trinajstić information content (AvgIpc) is 2.32. The second-order valence-electron chi connectivity index (χ2n) is 3.65. The zero-order valence-corrected chi connectivity index (χ0v) is 9.31. The van der Waals surface area contributed by atoms with Crippen molar-refractivity contribution >= 4 is 0 Å². The molecule has 17 heavy (non-hydrogen) atoms. The van der Waals surface area contributed by atoms with Crippen LogP contribution in [0.25, 0.3) is 0 Å². The highest BCUT2D eigenvalue weighted by atomic mass is 16.6. The van der Waals surface area contributed by atoms with Crippen molar-refractivity contribution in [3.05, 3.63) is 12.8 Å². The van der Waals surface area contributed by atoms with Crippen molar-refractivity contribution in [2.24, 2.45) is 0 Å². The Morgan fingerprint density at radius 3 is 2.41 bits per heavy atom. The highest BCUT2D eigenvalue weighted by Crippen LogP contribution is 2.19. The maximum absolute atomic E-state index is 9.55. The van der Waals surface area contributed by atoms with Gasteiger partial charge in [0.15, 0.2) is 6.29 Å². The first kappa shape index (κ1) is 14.4. The van der Waals surface area contributed by atoms with Crippen LogP contribution in [0.15, 0.2) is 12.8 Å². The summed E-state index contributed by atoms with van der Waals surface area (Å²) in [6.07, 6.45) is -5.45. The summed E-state index contributed by atoms with van der Waals surface area (Å²) < 4.78 is 14.8. The molecule has 1 rings (SSSR count). The summed E-state index contributed by atoms with van der Waals surface area (Å²) >= 11 is 0. The number of aliphatic hydroxyl groups excluding tert-OH is 4. The molecule has 1 aliphatic heterocycles. The molecule has 0 amide bonds. The van der Waals surface area contributed by atoms with Crippen LogP contribution in [-0.2, 0) is 14.2 Å². The Bertz CT molecular complexity index is 235. The van der Waals surface area contributed by atoms with Gasteiger partial charge in [-0.2, -0.15) is 0 Å². The molecule has 0 aromatic rings. The first-order chi connectivity index (χ1) is 8.07. The third kappa shape index (κ3) is 3.91. The molecule has 4 N–H and O–H groups in total. The average molecular weight is 250 g/mol. The molecular formula is C10H18O7. The third-order valence-corrected chi connectivity index (χ3v) is 2.43. The normalized spacial score (nSPS) is 37.8. The molecular weight excluding hydrogens is 232 g/mol. The molecule has 0 aromatic carbocycles. The van der Waals surface area contributed by atoms with E-state index >= 15 is 0 Å². The minimum Gasteiger partial charge on any atom is -0.499 e. The summed E-state index contributed by atoms with van der Waals surface area (Å²) in [6.45, 7) is 3.89. The van der Waals surface area contributed by atoms with Crippen LogP contribution in [0.1, 0.15) is 0 Å². The van der Waals surface area contributed by atoms with Gasteiger partial charge in [0.1, 0.15) is 31.0 Å². The van der Waals surface area contributed by atoms with Gasteiger partial charge < -0.3 is 34.6 Å². The Hall–Kier alpha value is -0.700. The van der Waals surface area contributed by atoms with Crippen molar-refractivity contribution in [2.75, 3.05) is 19.8 Å². The lowest BCUT2D eigenvalue weighted by molar-refractivity contribution is -0.288. The SMILES string of the molecule is C=COCCOCC1OC(O)C(O)C(O)[C@@H]1O. The van der Waals surface area contributed by atoms with Crippen LogP contribution < -0.4 is 0 Å². The minimum atomic E-state index is -1.54. The molecule has 0 aliphatic carbocycles. The van der Waals surface area contributed by atoms with Gasteiger partial charge >= 0.3 is 0 Å². The van der Waals surface area contributed by atoms with Gasteiger partial charge in [-0.3, -0.25) is 0 Å². The monoisotopic (exact) mass is 250 g/mol. The summed E-state index contributed by atoms with van der Waals surface area (Å²) in [7, 11) is 0. The quantitative estimate of drug-likeness (QED) is 0.318. The van der Waals surface area contributed by atoms with E-state index in [4.69, 9.17) is 14.2 Å². The topological polar surface area (TPSA) is 109 Å². The van der Waals surface area contributed by atoms with E-state index in [1.165, 1.54) is 6.26 Å². The maximum atomic E-state index is 9.55. The first-order valence-corrected chi connectivity index (χ1v) is 5.26. The Kier molecular flexibility index (Phi) is 5.83. The number of rotatable bonds is 6. The molecule has 7 heteroatoms. The fourth-order valence-electron chi connectivity index (χ4n) is 1.46. The minimum absolute atomic E-state index is 0.0253. The Morgan fingerprint density at radius 2 is 1.76 bits per heavy atom. The van der Waals surface area contributed by atoms with Gasteiger partial charge in [-0.15, -0.1) is 0 Å². The fraction of sp³-hybridized carbons (Fsp3) is 0.800. The predicted molar refractivity (Wildman–Crippen MR) is 55.9 cm³/mol. The van der Waals surface area contributed by atoms with Gasteiger partial charge in [-0.1, -0.05) is 6.58 Å². The summed E-state index contributed by atoms with van der Waals surface area (Å²) in [5.74, 6) is 0. The Morgan fingerprint density at radius 1 is 1.06 bits per heavy atom. The fourth-order valence-corrected chi connectivity index (χ4v) is 1.46. The van der Waals surface area contributed by atoms with Gasteiger partial charge in [-0.25, -0.2) is 0 Å². The summed E-state index contributed by atoms with van der Waals surface area (Å²) in [4.78, 5) is 0. The Balaban J connectivity index is 2.30. The molecule has 0 saturated carbocycles. The molecule has 0 spiro atoms. The third-order valence-electron chi connectivity index (χ3n) is 2.43. The molecule has 0 bridgehead atoms. The first-order valence-electron chi connectivity index (χ1n) is 5.26. The smallest absolute Gasteiger partial charge is 0.184 e. The van der Waals surface area contributed by atoms with Crippen LogP contribution in [0.3, 0.4) is 0 Å². The number of hydrogen-bond acceptors (Lipinski definition) is 7. The van der Waals surface area contributed by atoms with Crippen molar-refractivity contribution in [1.82, 2.24) is 0 Å². The lowest BCUT2D eigenvalue weighted by Gasteiger charge is -2.38. The molecule has 1 aliphatic rings. The number of ether oxygens (including phenoxy) is 3. The molecule has 100 valence electrons. The molecule has 1 saturated heterocycles. The Labute approximate surface area is 98.8 Å². The molecule has 0 aromatic heterocycles. The summed E-state index contributed by atoms with van der Waals surface area (Å²) in [5.41, 5.74) is 0. The molecule has 7 nitrogen and oxygen atoms in total. The van der Waals surface area contributed by atoms with Crippen LogP contribution in [0, 0.1) is 0 Å². The molecule has 4 unspecified atom stereocenters. The van der Waals surface area contributed by atoms with Crippen LogP contribution >= 0.6 is 0 Å². The van der Waals surface area contributed by atoms with E-state index in [0.717, 1.165) is 0 Å². The van der Waals surface area contributed by atoms with Gasteiger partial charge in [-0.05, 0) is 0 Å². The number of aliphatic hydroxyl groups is 4. The second-order valence-corrected chi connectivity index (χ2v) is 3.65. The molecule has 1 heterocycles. The lowest BCUT2D eigenvalue weighted by atomic mass is 9.99. The lowest BCUT2D eigenvalue weighted by Crippen LogP contribution is -2.58. The van der Waals surface area contributed by atoms with E-state index in [9.17, 15) is 20.4 Å². The van der Waals surface area contributed by atoms with Crippen LogP contribution in [0.2, 0.25) is 0 Å². The predicted octanol–water partition coefficient (Wildman–Crippen LogP) is -2.04. The van der Waals surface area contributed by atoms with E-state index < -0.39 is 30.7 Å². The van der Waals surface area contributed by atoms with Crippen molar-refractivity contribution in [2.45, 2.75) is 30.7 Å². The summed E-state index contributed by atoms with van der Waals surface area (Å²) in [5, 5.41) is 37.4. The largest absolute Gasteiger partial charge is 0.499 e.